The minimum Gasteiger partial charge on any atom is -0.248 e. The zero-order chi connectivity index (χ0) is 19.0. The summed E-state index contributed by atoms with van der Waals surface area (Å²) in [5.41, 5.74) is 9.71. The predicted octanol–water partition coefficient (Wildman–Crippen LogP) is 7.31. The predicted molar refractivity (Wildman–Crippen MR) is 116 cm³/mol. The van der Waals surface area contributed by atoms with Gasteiger partial charge in [-0.05, 0) is 66.8 Å². The summed E-state index contributed by atoms with van der Waals surface area (Å²) >= 11 is 0. The lowest BCUT2D eigenvalue weighted by atomic mass is 9.93. The molecule has 0 saturated carbocycles. The fraction of sp³-hybridized carbons (Fsp3) is 0.192. The lowest BCUT2D eigenvalue weighted by molar-refractivity contribution is 0.875. The van der Waals surface area contributed by atoms with Gasteiger partial charge in [-0.15, -0.1) is 0 Å². The molecule has 0 fully saturated rings. The molecule has 4 rings (SSSR count). The molecular formula is C26H25N. The summed E-state index contributed by atoms with van der Waals surface area (Å²) in [6.07, 6.45) is 0. The summed E-state index contributed by atoms with van der Waals surface area (Å²) in [5.74, 6) is 0.436. The largest absolute Gasteiger partial charge is 0.248 e. The Labute approximate surface area is 161 Å². The lowest BCUT2D eigenvalue weighted by Crippen LogP contribution is -1.96. The van der Waals surface area contributed by atoms with Crippen molar-refractivity contribution in [2.75, 3.05) is 0 Å². The lowest BCUT2D eigenvalue weighted by Gasteiger charge is -2.15. The molecule has 0 amide bonds. The number of fused-ring (bicyclic) bond motifs is 1. The Bertz CT molecular complexity index is 1090. The molecule has 0 aliphatic rings. The van der Waals surface area contributed by atoms with Crippen LogP contribution in [0.4, 0.5) is 0 Å². The Kier molecular flexibility index (Phi) is 4.53. The van der Waals surface area contributed by atoms with Crippen molar-refractivity contribution in [3.8, 4) is 22.4 Å². The number of aryl methyl sites for hydroxylation is 2. The topological polar surface area (TPSA) is 12.9 Å². The van der Waals surface area contributed by atoms with Gasteiger partial charge in [0.05, 0.1) is 11.2 Å². The molecule has 0 N–H and O–H groups in total. The van der Waals surface area contributed by atoms with Gasteiger partial charge < -0.3 is 0 Å². The third-order valence-corrected chi connectivity index (χ3v) is 5.09. The van der Waals surface area contributed by atoms with Crippen LogP contribution in [0.1, 0.15) is 36.5 Å². The van der Waals surface area contributed by atoms with E-state index in [4.69, 9.17) is 4.98 Å². The molecule has 3 aromatic carbocycles. The van der Waals surface area contributed by atoms with Gasteiger partial charge in [0.15, 0.2) is 0 Å². The van der Waals surface area contributed by atoms with Crippen LogP contribution in [0.5, 0.6) is 0 Å². The summed E-state index contributed by atoms with van der Waals surface area (Å²) in [6.45, 7) is 8.81. The van der Waals surface area contributed by atoms with Gasteiger partial charge in [-0.25, -0.2) is 4.98 Å². The molecular weight excluding hydrogens is 326 g/mol. The SMILES string of the molecule is Cc1cc(C)cc(-c2cc(C(C)C)c3cc(-c4ccccc4)ccc3n2)c1. The summed E-state index contributed by atoms with van der Waals surface area (Å²) < 4.78 is 0. The Balaban J connectivity index is 1.92. The summed E-state index contributed by atoms with van der Waals surface area (Å²) in [6, 6.07) is 26.1. The zero-order valence-electron chi connectivity index (χ0n) is 16.5. The monoisotopic (exact) mass is 351 g/mol. The van der Waals surface area contributed by atoms with E-state index in [2.05, 4.69) is 100 Å². The van der Waals surface area contributed by atoms with Crippen molar-refractivity contribution in [3.63, 3.8) is 0 Å². The van der Waals surface area contributed by atoms with Crippen molar-refractivity contribution < 1.29 is 0 Å². The molecule has 1 heterocycles. The van der Waals surface area contributed by atoms with Crippen LogP contribution in [0.3, 0.4) is 0 Å². The van der Waals surface area contributed by atoms with Crippen LogP contribution >= 0.6 is 0 Å². The molecule has 0 atom stereocenters. The summed E-state index contributed by atoms with van der Waals surface area (Å²) in [5, 5.41) is 1.25. The summed E-state index contributed by atoms with van der Waals surface area (Å²) in [4.78, 5) is 5.01. The maximum absolute atomic E-state index is 5.01. The third-order valence-electron chi connectivity index (χ3n) is 5.09. The highest BCUT2D eigenvalue weighted by Crippen LogP contribution is 2.33. The van der Waals surface area contributed by atoms with Gasteiger partial charge in [0.2, 0.25) is 0 Å². The van der Waals surface area contributed by atoms with Gasteiger partial charge in [-0.1, -0.05) is 67.4 Å². The Hall–Kier alpha value is -2.93. The smallest absolute Gasteiger partial charge is 0.0712 e. The number of pyridine rings is 1. The van der Waals surface area contributed by atoms with E-state index in [1.807, 2.05) is 0 Å². The van der Waals surface area contributed by atoms with E-state index in [9.17, 15) is 0 Å². The number of hydrogen-bond acceptors (Lipinski definition) is 1. The third kappa shape index (κ3) is 3.50. The Morgan fingerprint density at radius 2 is 1.37 bits per heavy atom. The normalized spacial score (nSPS) is 11.3. The maximum atomic E-state index is 5.01. The number of nitrogens with zero attached hydrogens (tertiary/aromatic N) is 1. The molecule has 0 spiro atoms. The molecule has 0 aliphatic carbocycles. The molecule has 134 valence electrons. The quantitative estimate of drug-likeness (QED) is 0.377. The first-order valence-corrected chi connectivity index (χ1v) is 9.60. The van der Waals surface area contributed by atoms with E-state index in [1.54, 1.807) is 0 Å². The fourth-order valence-corrected chi connectivity index (χ4v) is 3.81. The van der Waals surface area contributed by atoms with E-state index >= 15 is 0 Å². The Morgan fingerprint density at radius 3 is 2.04 bits per heavy atom. The van der Waals surface area contributed by atoms with Crippen LogP contribution in [0.2, 0.25) is 0 Å². The van der Waals surface area contributed by atoms with Crippen LogP contribution in [0.15, 0.2) is 72.8 Å². The minimum atomic E-state index is 0.436. The second-order valence-corrected chi connectivity index (χ2v) is 7.73. The second-order valence-electron chi connectivity index (χ2n) is 7.73. The van der Waals surface area contributed by atoms with E-state index in [1.165, 1.54) is 38.8 Å². The van der Waals surface area contributed by atoms with Gasteiger partial charge in [0.25, 0.3) is 0 Å². The van der Waals surface area contributed by atoms with Crippen LogP contribution in [0, 0.1) is 13.8 Å². The average Bonchev–Trinajstić information content (AvgIpc) is 2.66. The van der Waals surface area contributed by atoms with Crippen LogP contribution in [-0.4, -0.2) is 4.98 Å². The summed E-state index contributed by atoms with van der Waals surface area (Å²) in [7, 11) is 0. The number of aromatic nitrogens is 1. The van der Waals surface area contributed by atoms with E-state index in [-0.39, 0.29) is 0 Å². The standard InChI is InChI=1S/C26H25N/c1-17(2)23-16-26(22-13-18(3)12-19(4)14-22)27-25-11-10-21(15-24(23)25)20-8-6-5-7-9-20/h5-17H,1-4H3. The van der Waals surface area contributed by atoms with Crippen molar-refractivity contribution >= 4 is 10.9 Å². The first-order valence-electron chi connectivity index (χ1n) is 9.60. The first kappa shape index (κ1) is 17.5. The first-order chi connectivity index (χ1) is 13.0. The van der Waals surface area contributed by atoms with Crippen molar-refractivity contribution in [2.45, 2.75) is 33.6 Å². The van der Waals surface area contributed by atoms with Crippen LogP contribution in [-0.2, 0) is 0 Å². The second kappa shape index (κ2) is 7.00. The zero-order valence-corrected chi connectivity index (χ0v) is 16.5. The molecule has 0 aliphatic heterocycles. The number of rotatable bonds is 3. The molecule has 0 unspecified atom stereocenters. The van der Waals surface area contributed by atoms with Gasteiger partial charge in [0.1, 0.15) is 0 Å². The highest BCUT2D eigenvalue weighted by atomic mass is 14.7. The Morgan fingerprint density at radius 1 is 0.667 bits per heavy atom. The van der Waals surface area contributed by atoms with Crippen LogP contribution < -0.4 is 0 Å². The van der Waals surface area contributed by atoms with Gasteiger partial charge in [-0.2, -0.15) is 0 Å². The van der Waals surface area contributed by atoms with E-state index < -0.39 is 0 Å². The van der Waals surface area contributed by atoms with Crippen molar-refractivity contribution in [1.29, 1.82) is 0 Å². The van der Waals surface area contributed by atoms with Gasteiger partial charge in [0, 0.05) is 10.9 Å². The van der Waals surface area contributed by atoms with Crippen molar-refractivity contribution in [1.82, 2.24) is 4.98 Å². The van der Waals surface area contributed by atoms with Gasteiger partial charge in [-0.3, -0.25) is 0 Å². The minimum absolute atomic E-state index is 0.436. The van der Waals surface area contributed by atoms with Crippen LogP contribution in [0.25, 0.3) is 33.3 Å². The maximum Gasteiger partial charge on any atom is 0.0712 e. The molecule has 1 nitrogen and oxygen atoms in total. The molecule has 4 aromatic rings. The van der Waals surface area contributed by atoms with E-state index in [0.717, 1.165) is 11.2 Å². The molecule has 0 radical (unpaired) electrons. The molecule has 0 bridgehead atoms. The number of benzene rings is 3. The molecule has 27 heavy (non-hydrogen) atoms. The highest BCUT2D eigenvalue weighted by Gasteiger charge is 2.12. The van der Waals surface area contributed by atoms with Gasteiger partial charge >= 0.3 is 0 Å². The number of hydrogen-bond donors (Lipinski definition) is 0. The molecule has 1 heteroatoms. The fourth-order valence-electron chi connectivity index (χ4n) is 3.81. The average molecular weight is 351 g/mol. The molecule has 0 saturated heterocycles. The van der Waals surface area contributed by atoms with E-state index in [0.29, 0.717) is 5.92 Å². The van der Waals surface area contributed by atoms with Crippen molar-refractivity contribution in [2.24, 2.45) is 0 Å². The highest BCUT2D eigenvalue weighted by molar-refractivity contribution is 5.89. The molecule has 1 aromatic heterocycles. The van der Waals surface area contributed by atoms with Crippen molar-refractivity contribution in [3.05, 3.63) is 89.5 Å².